The largest absolute Gasteiger partial charge is 0.389 e. The second-order valence-corrected chi connectivity index (χ2v) is 5.30. The molecule has 5 heteroatoms. The van der Waals surface area contributed by atoms with E-state index in [0.717, 1.165) is 18.7 Å². The van der Waals surface area contributed by atoms with Crippen molar-refractivity contribution in [2.24, 2.45) is 5.73 Å². The van der Waals surface area contributed by atoms with Crippen LogP contribution in [0.15, 0.2) is 18.2 Å². The number of hydrogen-bond donors (Lipinski definition) is 1. The molecule has 1 fully saturated rings. The summed E-state index contributed by atoms with van der Waals surface area (Å²) < 4.78 is 19.6. The van der Waals surface area contributed by atoms with E-state index in [4.69, 9.17) is 22.7 Å². The van der Waals surface area contributed by atoms with Crippen molar-refractivity contribution in [3.8, 4) is 0 Å². The van der Waals surface area contributed by atoms with E-state index in [2.05, 4.69) is 11.8 Å². The van der Waals surface area contributed by atoms with Gasteiger partial charge in [0.1, 0.15) is 10.8 Å². The lowest BCUT2D eigenvalue weighted by atomic mass is 10.1. The van der Waals surface area contributed by atoms with Gasteiger partial charge < -0.3 is 15.4 Å². The SMILES string of the molecule is CCC1COC(C)CN1c1cccc(F)c1C(N)=S. The van der Waals surface area contributed by atoms with E-state index in [9.17, 15) is 4.39 Å². The smallest absolute Gasteiger partial charge is 0.135 e. The standard InChI is InChI=1S/C14H19FN2OS/c1-3-10-8-18-9(2)7-17(10)12-6-4-5-11(15)13(12)14(16)19/h4-6,9-10H,3,7-8H2,1-2H3,(H2,16,19). The van der Waals surface area contributed by atoms with Gasteiger partial charge in [-0.05, 0) is 25.5 Å². The Labute approximate surface area is 118 Å². The van der Waals surface area contributed by atoms with Crippen LogP contribution in [0.25, 0.3) is 0 Å². The number of anilines is 1. The quantitative estimate of drug-likeness (QED) is 0.864. The summed E-state index contributed by atoms with van der Waals surface area (Å²) in [7, 11) is 0. The third-order valence-corrected chi connectivity index (χ3v) is 3.69. The predicted molar refractivity (Wildman–Crippen MR) is 79.1 cm³/mol. The Bertz CT molecular complexity index is 481. The third-order valence-electron chi connectivity index (χ3n) is 3.49. The van der Waals surface area contributed by atoms with Gasteiger partial charge in [-0.1, -0.05) is 25.2 Å². The normalized spacial score (nSPS) is 23.4. The van der Waals surface area contributed by atoms with Gasteiger partial charge in [-0.2, -0.15) is 0 Å². The van der Waals surface area contributed by atoms with E-state index in [0.29, 0.717) is 12.2 Å². The molecule has 0 aliphatic carbocycles. The molecule has 1 aromatic rings. The fourth-order valence-electron chi connectivity index (χ4n) is 2.47. The average molecular weight is 282 g/mol. The van der Waals surface area contributed by atoms with Crippen molar-refractivity contribution in [2.45, 2.75) is 32.4 Å². The number of rotatable bonds is 3. The minimum absolute atomic E-state index is 0.0992. The molecule has 2 unspecified atom stereocenters. The summed E-state index contributed by atoms with van der Waals surface area (Å²) in [5, 5.41) is 0. The van der Waals surface area contributed by atoms with Crippen LogP contribution >= 0.6 is 12.2 Å². The van der Waals surface area contributed by atoms with Crippen LogP contribution < -0.4 is 10.6 Å². The van der Waals surface area contributed by atoms with Crippen LogP contribution in [0.3, 0.4) is 0 Å². The second kappa shape index (κ2) is 5.84. The van der Waals surface area contributed by atoms with E-state index < -0.39 is 0 Å². The molecule has 1 aliphatic rings. The van der Waals surface area contributed by atoms with E-state index in [1.807, 2.05) is 13.0 Å². The zero-order valence-electron chi connectivity index (χ0n) is 11.2. The molecule has 19 heavy (non-hydrogen) atoms. The molecular formula is C14H19FN2OS. The first kappa shape index (κ1) is 14.2. The van der Waals surface area contributed by atoms with Crippen molar-refractivity contribution >= 4 is 22.9 Å². The molecule has 0 spiro atoms. The van der Waals surface area contributed by atoms with Crippen molar-refractivity contribution in [3.05, 3.63) is 29.6 Å². The number of hydrogen-bond acceptors (Lipinski definition) is 3. The zero-order chi connectivity index (χ0) is 14.0. The highest BCUT2D eigenvalue weighted by molar-refractivity contribution is 7.80. The number of thiocarbonyl (C=S) groups is 1. The van der Waals surface area contributed by atoms with Crippen LogP contribution in [-0.2, 0) is 4.74 Å². The Morgan fingerprint density at radius 1 is 1.58 bits per heavy atom. The Balaban J connectivity index is 2.44. The number of benzene rings is 1. The van der Waals surface area contributed by atoms with E-state index in [1.165, 1.54) is 6.07 Å². The number of ether oxygens (including phenoxy) is 1. The van der Waals surface area contributed by atoms with Crippen LogP contribution in [0.2, 0.25) is 0 Å². The van der Waals surface area contributed by atoms with Crippen molar-refractivity contribution in [3.63, 3.8) is 0 Å². The fraction of sp³-hybridized carbons (Fsp3) is 0.500. The summed E-state index contributed by atoms with van der Waals surface area (Å²) >= 11 is 4.99. The molecule has 3 nitrogen and oxygen atoms in total. The summed E-state index contributed by atoms with van der Waals surface area (Å²) in [6.07, 6.45) is 1.05. The van der Waals surface area contributed by atoms with Crippen LogP contribution in [0, 0.1) is 5.82 Å². The monoisotopic (exact) mass is 282 g/mol. The maximum atomic E-state index is 14.0. The van der Waals surface area contributed by atoms with Gasteiger partial charge in [0.25, 0.3) is 0 Å². The Hall–Kier alpha value is -1.20. The van der Waals surface area contributed by atoms with Crippen LogP contribution in [0.5, 0.6) is 0 Å². The summed E-state index contributed by atoms with van der Waals surface area (Å²) in [5.41, 5.74) is 6.79. The van der Waals surface area contributed by atoms with Gasteiger partial charge in [-0.15, -0.1) is 0 Å². The van der Waals surface area contributed by atoms with Gasteiger partial charge in [-0.3, -0.25) is 0 Å². The van der Waals surface area contributed by atoms with Crippen molar-refractivity contribution < 1.29 is 9.13 Å². The van der Waals surface area contributed by atoms with Crippen LogP contribution in [-0.4, -0.2) is 30.3 Å². The van der Waals surface area contributed by atoms with Gasteiger partial charge in [0.15, 0.2) is 0 Å². The fourth-order valence-corrected chi connectivity index (χ4v) is 2.68. The van der Waals surface area contributed by atoms with Gasteiger partial charge in [0.05, 0.1) is 30.0 Å². The Morgan fingerprint density at radius 3 is 2.95 bits per heavy atom. The Morgan fingerprint density at radius 2 is 2.32 bits per heavy atom. The van der Waals surface area contributed by atoms with Gasteiger partial charge in [0.2, 0.25) is 0 Å². The molecule has 0 amide bonds. The van der Waals surface area contributed by atoms with Gasteiger partial charge >= 0.3 is 0 Å². The summed E-state index contributed by atoms with van der Waals surface area (Å²) in [5.74, 6) is -0.362. The number of nitrogens with zero attached hydrogens (tertiary/aromatic N) is 1. The molecule has 104 valence electrons. The zero-order valence-corrected chi connectivity index (χ0v) is 12.0. The maximum absolute atomic E-state index is 14.0. The molecule has 2 atom stereocenters. The highest BCUT2D eigenvalue weighted by Gasteiger charge is 2.28. The Kier molecular flexibility index (Phi) is 4.37. The molecule has 0 saturated carbocycles. The number of nitrogens with two attached hydrogens (primary N) is 1. The maximum Gasteiger partial charge on any atom is 0.135 e. The lowest BCUT2D eigenvalue weighted by molar-refractivity contribution is 0.0299. The lowest BCUT2D eigenvalue weighted by Gasteiger charge is -2.40. The molecule has 1 aliphatic heterocycles. The molecule has 1 aromatic carbocycles. The minimum Gasteiger partial charge on any atom is -0.389 e. The first-order valence-electron chi connectivity index (χ1n) is 6.51. The summed E-state index contributed by atoms with van der Waals surface area (Å²) in [6.45, 7) is 5.47. The van der Waals surface area contributed by atoms with E-state index in [-0.39, 0.29) is 23.0 Å². The predicted octanol–water partition coefficient (Wildman–Crippen LogP) is 2.46. The lowest BCUT2D eigenvalue weighted by Crippen LogP contribution is -2.49. The number of morpholine rings is 1. The van der Waals surface area contributed by atoms with Gasteiger partial charge in [0, 0.05) is 6.54 Å². The van der Waals surface area contributed by atoms with Crippen LogP contribution in [0.4, 0.5) is 10.1 Å². The molecule has 1 saturated heterocycles. The number of halogens is 1. The van der Waals surface area contributed by atoms with Crippen molar-refractivity contribution in [1.29, 1.82) is 0 Å². The third kappa shape index (κ3) is 2.87. The van der Waals surface area contributed by atoms with E-state index in [1.54, 1.807) is 6.07 Å². The van der Waals surface area contributed by atoms with Crippen molar-refractivity contribution in [1.82, 2.24) is 0 Å². The first-order valence-corrected chi connectivity index (χ1v) is 6.92. The summed E-state index contributed by atoms with van der Waals surface area (Å²) in [6, 6.07) is 5.19. The summed E-state index contributed by atoms with van der Waals surface area (Å²) in [4.78, 5) is 2.26. The molecule has 2 rings (SSSR count). The molecular weight excluding hydrogens is 263 g/mol. The second-order valence-electron chi connectivity index (χ2n) is 4.86. The minimum atomic E-state index is -0.362. The molecule has 1 heterocycles. The highest BCUT2D eigenvalue weighted by Crippen LogP contribution is 2.28. The average Bonchev–Trinajstić information content (AvgIpc) is 2.37. The topological polar surface area (TPSA) is 38.5 Å². The van der Waals surface area contributed by atoms with Crippen molar-refractivity contribution in [2.75, 3.05) is 18.1 Å². The molecule has 2 N–H and O–H groups in total. The first-order chi connectivity index (χ1) is 9.04. The molecule has 0 aromatic heterocycles. The van der Waals surface area contributed by atoms with Gasteiger partial charge in [-0.25, -0.2) is 4.39 Å². The molecule has 0 radical (unpaired) electrons. The van der Waals surface area contributed by atoms with Crippen LogP contribution in [0.1, 0.15) is 25.8 Å². The van der Waals surface area contributed by atoms with E-state index >= 15 is 0 Å². The molecule has 0 bridgehead atoms. The highest BCUT2D eigenvalue weighted by atomic mass is 32.1.